The van der Waals surface area contributed by atoms with Crippen molar-refractivity contribution in [3.8, 4) is 0 Å². The van der Waals surface area contributed by atoms with Crippen molar-refractivity contribution >= 4 is 29.1 Å². The fraction of sp³-hybridized carbons (Fsp3) is 0.286. The summed E-state index contributed by atoms with van der Waals surface area (Å²) in [5.41, 5.74) is 1.18. The van der Waals surface area contributed by atoms with Gasteiger partial charge < -0.3 is 15.5 Å². The quantitative estimate of drug-likeness (QED) is 0.773. The molecular formula is C21H23N3O3. The summed E-state index contributed by atoms with van der Waals surface area (Å²) in [7, 11) is 1.72. The van der Waals surface area contributed by atoms with E-state index < -0.39 is 5.41 Å². The van der Waals surface area contributed by atoms with Crippen molar-refractivity contribution in [1.82, 2.24) is 4.90 Å². The van der Waals surface area contributed by atoms with Crippen LogP contribution in [0, 0.1) is 5.41 Å². The van der Waals surface area contributed by atoms with Crippen LogP contribution in [0.15, 0.2) is 54.6 Å². The Kier molecular flexibility index (Phi) is 5.26. The zero-order chi connectivity index (χ0) is 19.4. The van der Waals surface area contributed by atoms with Crippen LogP contribution in [0.4, 0.5) is 11.4 Å². The molecule has 0 radical (unpaired) electrons. The number of carbonyl (C=O) groups excluding carboxylic acids is 3. The van der Waals surface area contributed by atoms with Crippen LogP contribution in [0.3, 0.4) is 0 Å². The molecule has 2 aromatic carbocycles. The summed E-state index contributed by atoms with van der Waals surface area (Å²) in [5, 5.41) is 5.50. The number of nitrogens with zero attached hydrogens (tertiary/aromatic N) is 1. The highest BCUT2D eigenvalue weighted by atomic mass is 16.2. The molecule has 140 valence electrons. The Bertz CT molecular complexity index is 860. The molecule has 1 fully saturated rings. The smallest absolute Gasteiger partial charge is 0.240 e. The van der Waals surface area contributed by atoms with E-state index in [9.17, 15) is 14.4 Å². The van der Waals surface area contributed by atoms with Gasteiger partial charge >= 0.3 is 0 Å². The van der Waals surface area contributed by atoms with E-state index in [0.29, 0.717) is 30.8 Å². The van der Waals surface area contributed by atoms with Crippen LogP contribution in [0.25, 0.3) is 0 Å². The number of nitrogens with one attached hydrogen (secondary N) is 2. The summed E-state index contributed by atoms with van der Waals surface area (Å²) in [5.74, 6) is -0.649. The van der Waals surface area contributed by atoms with Crippen molar-refractivity contribution in [2.45, 2.75) is 26.3 Å². The number of amides is 3. The molecule has 2 aromatic rings. The van der Waals surface area contributed by atoms with Gasteiger partial charge in [-0.1, -0.05) is 36.4 Å². The zero-order valence-electron chi connectivity index (χ0n) is 15.5. The average molecular weight is 365 g/mol. The molecule has 0 spiro atoms. The maximum atomic E-state index is 12.9. The van der Waals surface area contributed by atoms with Gasteiger partial charge in [0, 0.05) is 31.9 Å². The fourth-order valence-electron chi connectivity index (χ4n) is 3.09. The fourth-order valence-corrected chi connectivity index (χ4v) is 3.09. The molecule has 0 atom stereocenters. The first-order chi connectivity index (χ1) is 12.9. The minimum Gasteiger partial charge on any atom is -0.340 e. The molecule has 0 bridgehead atoms. The zero-order valence-corrected chi connectivity index (χ0v) is 15.5. The molecule has 1 aliphatic carbocycles. The lowest BCUT2D eigenvalue weighted by molar-refractivity contribution is -0.141. The SMILES string of the molecule is CC(=O)Nc1cccc(NC(=O)C2(C(=O)N(C)Cc3ccccc3)CC2)c1. The van der Waals surface area contributed by atoms with Crippen molar-refractivity contribution in [1.29, 1.82) is 0 Å². The van der Waals surface area contributed by atoms with Crippen molar-refractivity contribution in [2.75, 3.05) is 17.7 Å². The van der Waals surface area contributed by atoms with Crippen LogP contribution < -0.4 is 10.6 Å². The van der Waals surface area contributed by atoms with E-state index in [4.69, 9.17) is 0 Å². The van der Waals surface area contributed by atoms with Crippen LogP contribution in [0.5, 0.6) is 0 Å². The largest absolute Gasteiger partial charge is 0.340 e. The van der Waals surface area contributed by atoms with E-state index in [1.54, 1.807) is 36.2 Å². The molecule has 0 saturated heterocycles. The molecule has 6 nitrogen and oxygen atoms in total. The molecule has 2 N–H and O–H groups in total. The standard InChI is InChI=1S/C21H23N3O3/c1-15(25)22-17-9-6-10-18(13-17)23-19(26)21(11-12-21)20(27)24(2)14-16-7-4-3-5-8-16/h3-10,13H,11-12,14H2,1-2H3,(H,22,25)(H,23,26). The molecule has 27 heavy (non-hydrogen) atoms. The summed E-state index contributed by atoms with van der Waals surface area (Å²) in [4.78, 5) is 38.5. The third-order valence-electron chi connectivity index (χ3n) is 4.64. The first-order valence-electron chi connectivity index (χ1n) is 8.89. The van der Waals surface area contributed by atoms with Gasteiger partial charge in [0.05, 0.1) is 0 Å². The molecule has 1 aliphatic rings. The average Bonchev–Trinajstić information content (AvgIpc) is 3.43. The monoisotopic (exact) mass is 365 g/mol. The second-order valence-electron chi connectivity index (χ2n) is 6.95. The normalized spacial score (nSPS) is 14.1. The molecular weight excluding hydrogens is 342 g/mol. The summed E-state index contributed by atoms with van der Waals surface area (Å²) < 4.78 is 0. The van der Waals surface area contributed by atoms with E-state index in [0.717, 1.165) is 5.56 Å². The molecule has 0 heterocycles. The highest BCUT2D eigenvalue weighted by Crippen LogP contribution is 2.48. The maximum absolute atomic E-state index is 12.9. The Morgan fingerprint density at radius 1 is 0.963 bits per heavy atom. The van der Waals surface area contributed by atoms with Crippen LogP contribution in [-0.2, 0) is 20.9 Å². The van der Waals surface area contributed by atoms with Gasteiger partial charge in [0.25, 0.3) is 0 Å². The lowest BCUT2D eigenvalue weighted by Gasteiger charge is -2.23. The predicted octanol–water partition coefficient (Wildman–Crippen LogP) is 3.02. The summed E-state index contributed by atoms with van der Waals surface area (Å²) in [6.07, 6.45) is 1.09. The van der Waals surface area contributed by atoms with E-state index in [-0.39, 0.29) is 17.7 Å². The third kappa shape index (κ3) is 4.34. The van der Waals surface area contributed by atoms with E-state index in [1.165, 1.54) is 6.92 Å². The molecule has 3 amide bonds. The lowest BCUT2D eigenvalue weighted by atomic mass is 10.0. The van der Waals surface area contributed by atoms with Crippen molar-refractivity contribution in [3.05, 3.63) is 60.2 Å². The Morgan fingerprint density at radius 2 is 1.59 bits per heavy atom. The Labute approximate surface area is 158 Å². The number of hydrogen-bond donors (Lipinski definition) is 2. The van der Waals surface area contributed by atoms with Gasteiger partial charge in [0.1, 0.15) is 5.41 Å². The van der Waals surface area contributed by atoms with Gasteiger partial charge in [0.2, 0.25) is 17.7 Å². The number of benzene rings is 2. The lowest BCUT2D eigenvalue weighted by Crippen LogP contribution is -2.40. The van der Waals surface area contributed by atoms with Gasteiger partial charge in [-0.3, -0.25) is 14.4 Å². The topological polar surface area (TPSA) is 78.5 Å². The van der Waals surface area contributed by atoms with Gasteiger partial charge in [-0.05, 0) is 36.6 Å². The Morgan fingerprint density at radius 3 is 2.19 bits per heavy atom. The molecule has 1 saturated carbocycles. The van der Waals surface area contributed by atoms with Crippen LogP contribution >= 0.6 is 0 Å². The minimum atomic E-state index is -0.993. The van der Waals surface area contributed by atoms with Crippen molar-refractivity contribution < 1.29 is 14.4 Å². The van der Waals surface area contributed by atoms with Crippen LogP contribution in [-0.4, -0.2) is 29.7 Å². The van der Waals surface area contributed by atoms with Crippen LogP contribution in [0.1, 0.15) is 25.3 Å². The van der Waals surface area contributed by atoms with Gasteiger partial charge in [-0.15, -0.1) is 0 Å². The Hall–Kier alpha value is -3.15. The van der Waals surface area contributed by atoms with Crippen molar-refractivity contribution in [2.24, 2.45) is 5.41 Å². The Balaban J connectivity index is 1.67. The molecule has 0 aliphatic heterocycles. The third-order valence-corrected chi connectivity index (χ3v) is 4.64. The second-order valence-corrected chi connectivity index (χ2v) is 6.95. The first-order valence-corrected chi connectivity index (χ1v) is 8.89. The second kappa shape index (κ2) is 7.61. The number of anilines is 2. The minimum absolute atomic E-state index is 0.165. The number of carbonyl (C=O) groups is 3. The van der Waals surface area contributed by atoms with E-state index >= 15 is 0 Å². The van der Waals surface area contributed by atoms with Gasteiger partial charge in [0.15, 0.2) is 0 Å². The first kappa shape index (κ1) is 18.6. The van der Waals surface area contributed by atoms with Crippen LogP contribution in [0.2, 0.25) is 0 Å². The van der Waals surface area contributed by atoms with E-state index in [1.807, 2.05) is 30.3 Å². The highest BCUT2D eigenvalue weighted by Gasteiger charge is 2.57. The van der Waals surface area contributed by atoms with E-state index in [2.05, 4.69) is 10.6 Å². The van der Waals surface area contributed by atoms with Gasteiger partial charge in [-0.2, -0.15) is 0 Å². The summed E-state index contributed by atoms with van der Waals surface area (Å²) >= 11 is 0. The summed E-state index contributed by atoms with van der Waals surface area (Å²) in [6, 6.07) is 16.6. The van der Waals surface area contributed by atoms with Gasteiger partial charge in [-0.25, -0.2) is 0 Å². The van der Waals surface area contributed by atoms with Crippen molar-refractivity contribution in [3.63, 3.8) is 0 Å². The highest BCUT2D eigenvalue weighted by molar-refractivity contribution is 6.13. The number of hydrogen-bond acceptors (Lipinski definition) is 3. The molecule has 6 heteroatoms. The molecule has 0 unspecified atom stereocenters. The number of rotatable bonds is 6. The molecule has 0 aromatic heterocycles. The predicted molar refractivity (Wildman–Crippen MR) is 104 cm³/mol. The maximum Gasteiger partial charge on any atom is 0.240 e. The summed E-state index contributed by atoms with van der Waals surface area (Å²) in [6.45, 7) is 1.89. The molecule has 3 rings (SSSR count).